The molecular formula is C18H27NO4. The second kappa shape index (κ2) is 9.18. The quantitative estimate of drug-likeness (QED) is 0.649. The monoisotopic (exact) mass is 321 g/mol. The highest BCUT2D eigenvalue weighted by Crippen LogP contribution is 2.28. The summed E-state index contributed by atoms with van der Waals surface area (Å²) in [5.74, 6) is -0.259. The van der Waals surface area contributed by atoms with Gasteiger partial charge in [0.25, 0.3) is 0 Å². The largest absolute Gasteiger partial charge is 0.494 e. The summed E-state index contributed by atoms with van der Waals surface area (Å²) in [6, 6.07) is 8.08. The van der Waals surface area contributed by atoms with Gasteiger partial charge in [-0.05, 0) is 36.0 Å². The zero-order valence-electron chi connectivity index (χ0n) is 14.2. The van der Waals surface area contributed by atoms with E-state index in [-0.39, 0.29) is 24.3 Å². The highest BCUT2D eigenvalue weighted by atomic mass is 16.5. The lowest BCUT2D eigenvalue weighted by Crippen LogP contribution is -2.26. The fraction of sp³-hybridized carbons (Fsp3) is 0.556. The number of aliphatic carboxylic acids is 1. The highest BCUT2D eigenvalue weighted by molar-refractivity contribution is 5.76. The summed E-state index contributed by atoms with van der Waals surface area (Å²) in [5.41, 5.74) is 1.44. The van der Waals surface area contributed by atoms with Crippen molar-refractivity contribution < 1.29 is 19.4 Å². The van der Waals surface area contributed by atoms with Gasteiger partial charge in [0.1, 0.15) is 5.75 Å². The lowest BCUT2D eigenvalue weighted by atomic mass is 9.82. The maximum Gasteiger partial charge on any atom is 0.305 e. The first-order valence-corrected chi connectivity index (χ1v) is 8.07. The molecule has 0 aliphatic heterocycles. The van der Waals surface area contributed by atoms with E-state index in [9.17, 15) is 9.59 Å². The molecule has 1 rings (SSSR count). The summed E-state index contributed by atoms with van der Waals surface area (Å²) in [7, 11) is 0. The lowest BCUT2D eigenvalue weighted by molar-refractivity contribution is -0.136. The van der Waals surface area contributed by atoms with Gasteiger partial charge < -0.3 is 15.2 Å². The Morgan fingerprint density at radius 2 is 1.83 bits per heavy atom. The third kappa shape index (κ3) is 7.17. The molecule has 5 nitrogen and oxygen atoms in total. The van der Waals surface area contributed by atoms with Crippen LogP contribution in [-0.4, -0.2) is 30.1 Å². The van der Waals surface area contributed by atoms with Crippen LogP contribution in [0.3, 0.4) is 0 Å². The smallest absolute Gasteiger partial charge is 0.305 e. The number of carbonyl (C=O) groups is 2. The van der Waals surface area contributed by atoms with E-state index in [1.807, 2.05) is 12.1 Å². The van der Waals surface area contributed by atoms with E-state index in [1.165, 1.54) is 5.56 Å². The zero-order valence-corrected chi connectivity index (χ0v) is 14.2. The van der Waals surface area contributed by atoms with Crippen molar-refractivity contribution in [3.05, 3.63) is 29.8 Å². The van der Waals surface area contributed by atoms with Gasteiger partial charge in [0.05, 0.1) is 13.0 Å². The summed E-state index contributed by atoms with van der Waals surface area (Å²) >= 11 is 0. The van der Waals surface area contributed by atoms with Gasteiger partial charge in [0, 0.05) is 13.0 Å². The molecule has 0 heterocycles. The number of rotatable bonds is 10. The number of carboxylic acids is 1. The second-order valence-electron chi connectivity index (χ2n) is 6.21. The first-order chi connectivity index (χ1) is 10.8. The summed E-state index contributed by atoms with van der Waals surface area (Å²) in [6.45, 7) is 7.23. The minimum Gasteiger partial charge on any atom is -0.494 e. The Balaban J connectivity index is 2.26. The van der Waals surface area contributed by atoms with Gasteiger partial charge in [-0.15, -0.1) is 0 Å². The number of hydrogen-bond donors (Lipinski definition) is 2. The standard InChI is InChI=1S/C18H27NO4/c1-4-18(2,3)14-7-9-15(10-8-14)23-13-5-6-16(20)19-12-11-17(21)22/h7-10H,4-6,11-13H2,1-3H3,(H,19,20)(H,21,22). The van der Waals surface area contributed by atoms with Crippen LogP contribution in [-0.2, 0) is 15.0 Å². The SMILES string of the molecule is CCC(C)(C)c1ccc(OCCCC(=O)NCCC(=O)O)cc1. The molecule has 128 valence electrons. The molecule has 2 N–H and O–H groups in total. The number of benzene rings is 1. The average molecular weight is 321 g/mol. The lowest BCUT2D eigenvalue weighted by Gasteiger charge is -2.23. The molecule has 1 amide bonds. The molecular weight excluding hydrogens is 294 g/mol. The molecule has 23 heavy (non-hydrogen) atoms. The van der Waals surface area contributed by atoms with Gasteiger partial charge in [-0.25, -0.2) is 0 Å². The Kier molecular flexibility index (Phi) is 7.59. The first-order valence-electron chi connectivity index (χ1n) is 8.07. The molecule has 0 atom stereocenters. The van der Waals surface area contributed by atoms with Crippen molar-refractivity contribution in [2.24, 2.45) is 0 Å². The topological polar surface area (TPSA) is 75.6 Å². The molecule has 0 aliphatic rings. The third-order valence-electron chi connectivity index (χ3n) is 4.00. The van der Waals surface area contributed by atoms with Crippen molar-refractivity contribution in [2.45, 2.75) is 51.9 Å². The van der Waals surface area contributed by atoms with Crippen LogP contribution in [0, 0.1) is 0 Å². The number of ether oxygens (including phenoxy) is 1. The molecule has 0 spiro atoms. The average Bonchev–Trinajstić information content (AvgIpc) is 2.51. The van der Waals surface area contributed by atoms with Crippen molar-refractivity contribution in [1.29, 1.82) is 0 Å². The molecule has 5 heteroatoms. The van der Waals surface area contributed by atoms with Crippen LogP contribution in [0.4, 0.5) is 0 Å². The molecule has 0 unspecified atom stereocenters. The maximum atomic E-state index is 11.5. The second-order valence-corrected chi connectivity index (χ2v) is 6.21. The van der Waals surface area contributed by atoms with E-state index in [1.54, 1.807) is 0 Å². The summed E-state index contributed by atoms with van der Waals surface area (Å²) < 4.78 is 5.63. The first kappa shape index (κ1) is 19.0. The van der Waals surface area contributed by atoms with Crippen LogP contribution in [0.5, 0.6) is 5.75 Å². The van der Waals surface area contributed by atoms with Gasteiger partial charge in [-0.3, -0.25) is 9.59 Å². The van der Waals surface area contributed by atoms with E-state index in [0.717, 1.165) is 12.2 Å². The van der Waals surface area contributed by atoms with Gasteiger partial charge in [0.15, 0.2) is 0 Å². The minimum atomic E-state index is -0.914. The van der Waals surface area contributed by atoms with Crippen molar-refractivity contribution in [3.63, 3.8) is 0 Å². The fourth-order valence-corrected chi connectivity index (χ4v) is 2.03. The van der Waals surface area contributed by atoms with E-state index in [0.29, 0.717) is 19.4 Å². The van der Waals surface area contributed by atoms with Gasteiger partial charge in [-0.1, -0.05) is 32.9 Å². The molecule has 0 radical (unpaired) electrons. The van der Waals surface area contributed by atoms with Gasteiger partial charge in [0.2, 0.25) is 5.91 Å². The van der Waals surface area contributed by atoms with Crippen LogP contribution < -0.4 is 10.1 Å². The van der Waals surface area contributed by atoms with Gasteiger partial charge in [-0.2, -0.15) is 0 Å². The number of amides is 1. The number of carboxylic acid groups (broad SMARTS) is 1. The Morgan fingerprint density at radius 1 is 1.17 bits per heavy atom. The van der Waals surface area contributed by atoms with Crippen LogP contribution in [0.15, 0.2) is 24.3 Å². The highest BCUT2D eigenvalue weighted by Gasteiger charge is 2.17. The van der Waals surface area contributed by atoms with Crippen molar-refractivity contribution in [1.82, 2.24) is 5.32 Å². The molecule has 0 fully saturated rings. The molecule has 0 aromatic heterocycles. The Morgan fingerprint density at radius 3 is 2.39 bits per heavy atom. The normalized spacial score (nSPS) is 11.1. The third-order valence-corrected chi connectivity index (χ3v) is 4.00. The number of carbonyl (C=O) groups excluding carboxylic acids is 1. The maximum absolute atomic E-state index is 11.5. The Bertz CT molecular complexity index is 508. The summed E-state index contributed by atoms with van der Waals surface area (Å²) in [4.78, 5) is 21.8. The van der Waals surface area contributed by atoms with Crippen LogP contribution in [0.25, 0.3) is 0 Å². The van der Waals surface area contributed by atoms with Crippen molar-refractivity contribution >= 4 is 11.9 Å². The zero-order chi connectivity index (χ0) is 17.3. The summed E-state index contributed by atoms with van der Waals surface area (Å²) in [6.07, 6.45) is 1.95. The van der Waals surface area contributed by atoms with E-state index >= 15 is 0 Å². The predicted octanol–water partition coefficient (Wildman–Crippen LogP) is 3.12. The number of nitrogens with one attached hydrogen (secondary N) is 1. The number of hydrogen-bond acceptors (Lipinski definition) is 3. The van der Waals surface area contributed by atoms with Crippen LogP contribution in [0.2, 0.25) is 0 Å². The summed E-state index contributed by atoms with van der Waals surface area (Å²) in [5, 5.41) is 11.0. The Hall–Kier alpha value is -2.04. The Labute approximate surface area is 138 Å². The van der Waals surface area contributed by atoms with Crippen LogP contribution >= 0.6 is 0 Å². The van der Waals surface area contributed by atoms with Crippen molar-refractivity contribution in [2.75, 3.05) is 13.2 Å². The van der Waals surface area contributed by atoms with Crippen LogP contribution in [0.1, 0.15) is 52.0 Å². The molecule has 0 saturated carbocycles. The van der Waals surface area contributed by atoms with E-state index in [4.69, 9.17) is 9.84 Å². The molecule has 0 saturated heterocycles. The predicted molar refractivity (Wildman–Crippen MR) is 89.8 cm³/mol. The fourth-order valence-electron chi connectivity index (χ4n) is 2.03. The molecule has 0 bridgehead atoms. The van der Waals surface area contributed by atoms with E-state index < -0.39 is 5.97 Å². The molecule has 1 aromatic rings. The minimum absolute atomic E-state index is 0.0529. The van der Waals surface area contributed by atoms with Gasteiger partial charge >= 0.3 is 5.97 Å². The van der Waals surface area contributed by atoms with E-state index in [2.05, 4.69) is 38.2 Å². The van der Waals surface area contributed by atoms with Crippen molar-refractivity contribution in [3.8, 4) is 5.75 Å². The molecule has 1 aromatic carbocycles. The molecule has 0 aliphatic carbocycles.